The van der Waals surface area contributed by atoms with Gasteiger partial charge in [-0.2, -0.15) is 0 Å². The second kappa shape index (κ2) is 6.42. The minimum absolute atomic E-state index is 0.000636. The Labute approximate surface area is 137 Å². The smallest absolute Gasteiger partial charge is 0.262 e. The van der Waals surface area contributed by atoms with E-state index in [0.717, 1.165) is 0 Å². The van der Waals surface area contributed by atoms with Crippen molar-refractivity contribution in [2.45, 2.75) is 11.4 Å². The second-order valence-electron chi connectivity index (χ2n) is 4.16. The number of rotatable bonds is 4. The van der Waals surface area contributed by atoms with E-state index in [4.69, 9.17) is 40.5 Å². The van der Waals surface area contributed by atoms with E-state index in [1.165, 1.54) is 24.3 Å². The predicted octanol–water partition coefficient (Wildman–Crippen LogP) is 3.91. The van der Waals surface area contributed by atoms with Crippen molar-refractivity contribution in [2.75, 3.05) is 4.72 Å². The summed E-state index contributed by atoms with van der Waals surface area (Å²) in [5.74, 6) is 0. The predicted molar refractivity (Wildman–Crippen MR) is 86.6 cm³/mol. The van der Waals surface area contributed by atoms with Crippen LogP contribution in [0.5, 0.6) is 0 Å². The molecule has 0 aliphatic rings. The molecule has 0 aliphatic carbocycles. The van der Waals surface area contributed by atoms with Gasteiger partial charge in [-0.3, -0.25) is 4.72 Å². The Morgan fingerprint density at radius 2 is 1.62 bits per heavy atom. The number of halogens is 3. The van der Waals surface area contributed by atoms with E-state index >= 15 is 0 Å². The van der Waals surface area contributed by atoms with Gasteiger partial charge in [0.05, 0.1) is 20.6 Å². The van der Waals surface area contributed by atoms with Crippen LogP contribution in [0, 0.1) is 0 Å². The summed E-state index contributed by atoms with van der Waals surface area (Å²) in [4.78, 5) is 0.000636. The van der Waals surface area contributed by atoms with Crippen LogP contribution in [0.4, 0.5) is 5.69 Å². The molecule has 0 fully saturated rings. The molecule has 0 saturated heterocycles. The van der Waals surface area contributed by atoms with Gasteiger partial charge in [-0.25, -0.2) is 8.42 Å². The maximum atomic E-state index is 12.3. The molecular weight excluding hydrogens is 355 g/mol. The zero-order chi connectivity index (χ0) is 15.6. The van der Waals surface area contributed by atoms with Crippen molar-refractivity contribution in [1.29, 1.82) is 0 Å². The number of benzene rings is 2. The molecule has 0 aromatic heterocycles. The van der Waals surface area contributed by atoms with Crippen molar-refractivity contribution in [2.24, 2.45) is 5.73 Å². The average molecular weight is 366 g/mol. The summed E-state index contributed by atoms with van der Waals surface area (Å²) in [6, 6.07) is 9.00. The summed E-state index contributed by atoms with van der Waals surface area (Å²) < 4.78 is 27.0. The number of hydrogen-bond donors (Lipinski definition) is 2. The van der Waals surface area contributed by atoms with E-state index in [1.54, 1.807) is 12.1 Å². The standard InChI is InChI=1S/C13H11Cl3N2O2S/c14-10-2-1-3-11(15)13(10)18-21(19,20)9-5-4-8(7-17)12(16)6-9/h1-6,18H,7,17H2. The third-order valence-electron chi connectivity index (χ3n) is 2.75. The Hall–Kier alpha value is -0.980. The topological polar surface area (TPSA) is 72.2 Å². The van der Waals surface area contributed by atoms with Crippen LogP contribution in [0.15, 0.2) is 41.3 Å². The van der Waals surface area contributed by atoms with Gasteiger partial charge in [-0.05, 0) is 29.8 Å². The van der Waals surface area contributed by atoms with E-state index < -0.39 is 10.0 Å². The molecule has 4 nitrogen and oxygen atoms in total. The molecule has 3 N–H and O–H groups in total. The molecule has 2 rings (SSSR count). The highest BCUT2D eigenvalue weighted by Gasteiger charge is 2.18. The largest absolute Gasteiger partial charge is 0.326 e. The third-order valence-corrected chi connectivity index (χ3v) is 5.08. The molecule has 0 atom stereocenters. The SMILES string of the molecule is NCc1ccc(S(=O)(=O)Nc2c(Cl)cccc2Cl)cc1Cl. The Bertz CT molecular complexity index is 759. The zero-order valence-corrected chi connectivity index (χ0v) is 13.7. The number of anilines is 1. The van der Waals surface area contributed by atoms with Crippen LogP contribution in [-0.4, -0.2) is 8.42 Å². The molecule has 0 aliphatic heterocycles. The van der Waals surface area contributed by atoms with Crippen LogP contribution in [0.2, 0.25) is 15.1 Å². The molecule has 0 amide bonds. The van der Waals surface area contributed by atoms with Gasteiger partial charge in [-0.15, -0.1) is 0 Å². The Morgan fingerprint density at radius 3 is 2.14 bits per heavy atom. The van der Waals surface area contributed by atoms with Gasteiger partial charge >= 0.3 is 0 Å². The molecule has 0 unspecified atom stereocenters. The monoisotopic (exact) mass is 364 g/mol. The average Bonchev–Trinajstić information content (AvgIpc) is 2.43. The number of sulfonamides is 1. The highest BCUT2D eigenvalue weighted by molar-refractivity contribution is 7.92. The number of hydrogen-bond acceptors (Lipinski definition) is 3. The lowest BCUT2D eigenvalue weighted by Gasteiger charge is -2.12. The molecule has 2 aromatic carbocycles. The zero-order valence-electron chi connectivity index (χ0n) is 10.6. The maximum absolute atomic E-state index is 12.3. The van der Waals surface area contributed by atoms with Crippen LogP contribution in [0.1, 0.15) is 5.56 Å². The number of para-hydroxylation sites is 1. The Kier molecular flexibility index (Phi) is 5.01. The summed E-state index contributed by atoms with van der Waals surface area (Å²) in [5.41, 5.74) is 6.27. The van der Waals surface area contributed by atoms with Crippen molar-refractivity contribution in [1.82, 2.24) is 0 Å². The van der Waals surface area contributed by atoms with E-state index in [-0.39, 0.29) is 32.2 Å². The first-order chi connectivity index (χ1) is 9.85. The molecule has 8 heteroatoms. The molecule has 112 valence electrons. The van der Waals surface area contributed by atoms with Crippen molar-refractivity contribution >= 4 is 50.5 Å². The number of nitrogens with one attached hydrogen (secondary N) is 1. The van der Waals surface area contributed by atoms with E-state index in [2.05, 4.69) is 4.72 Å². The summed E-state index contributed by atoms with van der Waals surface area (Å²) in [6.07, 6.45) is 0. The van der Waals surface area contributed by atoms with Crippen molar-refractivity contribution in [3.8, 4) is 0 Å². The second-order valence-corrected chi connectivity index (χ2v) is 7.06. The molecule has 0 radical (unpaired) electrons. The molecule has 0 spiro atoms. The minimum Gasteiger partial charge on any atom is -0.326 e. The first-order valence-corrected chi connectivity index (χ1v) is 8.42. The van der Waals surface area contributed by atoms with Crippen molar-refractivity contribution in [3.63, 3.8) is 0 Å². The van der Waals surface area contributed by atoms with E-state index in [9.17, 15) is 8.42 Å². The lowest BCUT2D eigenvalue weighted by Crippen LogP contribution is -2.14. The normalized spacial score (nSPS) is 11.4. The third kappa shape index (κ3) is 3.62. The lowest BCUT2D eigenvalue weighted by atomic mass is 10.2. The first-order valence-electron chi connectivity index (χ1n) is 5.80. The Morgan fingerprint density at radius 1 is 1.00 bits per heavy atom. The van der Waals surface area contributed by atoms with Gasteiger partial charge < -0.3 is 5.73 Å². The molecule has 0 bridgehead atoms. The van der Waals surface area contributed by atoms with Crippen LogP contribution < -0.4 is 10.5 Å². The quantitative estimate of drug-likeness (QED) is 0.863. The van der Waals surface area contributed by atoms with Gasteiger partial charge in [0.15, 0.2) is 0 Å². The fourth-order valence-corrected chi connectivity index (χ4v) is 3.70. The minimum atomic E-state index is -3.85. The lowest BCUT2D eigenvalue weighted by molar-refractivity contribution is 0.601. The highest BCUT2D eigenvalue weighted by Crippen LogP contribution is 2.32. The van der Waals surface area contributed by atoms with Crippen LogP contribution >= 0.6 is 34.8 Å². The number of nitrogens with two attached hydrogens (primary N) is 1. The van der Waals surface area contributed by atoms with E-state index in [0.29, 0.717) is 5.56 Å². The van der Waals surface area contributed by atoms with Gasteiger partial charge in [0.1, 0.15) is 0 Å². The summed E-state index contributed by atoms with van der Waals surface area (Å²) in [5, 5.41) is 0.692. The molecule has 0 heterocycles. The highest BCUT2D eigenvalue weighted by atomic mass is 35.5. The molecule has 0 saturated carbocycles. The molecule has 21 heavy (non-hydrogen) atoms. The van der Waals surface area contributed by atoms with Gasteiger partial charge in [0.25, 0.3) is 10.0 Å². The maximum Gasteiger partial charge on any atom is 0.262 e. The fraction of sp³-hybridized carbons (Fsp3) is 0.0769. The van der Waals surface area contributed by atoms with Gasteiger partial charge in [0, 0.05) is 11.6 Å². The summed E-state index contributed by atoms with van der Waals surface area (Å²) in [7, 11) is -3.85. The molecule has 2 aromatic rings. The fourth-order valence-electron chi connectivity index (χ4n) is 1.65. The van der Waals surface area contributed by atoms with Crippen LogP contribution in [-0.2, 0) is 16.6 Å². The van der Waals surface area contributed by atoms with Crippen molar-refractivity contribution < 1.29 is 8.42 Å². The summed E-state index contributed by atoms with van der Waals surface area (Å²) in [6.45, 7) is 0.225. The van der Waals surface area contributed by atoms with Crippen LogP contribution in [0.25, 0.3) is 0 Å². The van der Waals surface area contributed by atoms with Gasteiger partial charge in [-0.1, -0.05) is 46.9 Å². The first kappa shape index (κ1) is 16.4. The van der Waals surface area contributed by atoms with Crippen molar-refractivity contribution in [3.05, 3.63) is 57.0 Å². The molecular formula is C13H11Cl3N2O2S. The van der Waals surface area contributed by atoms with Crippen LogP contribution in [0.3, 0.4) is 0 Å². The van der Waals surface area contributed by atoms with E-state index in [1.807, 2.05) is 0 Å². The van der Waals surface area contributed by atoms with Gasteiger partial charge in [0.2, 0.25) is 0 Å². The Balaban J connectivity index is 2.41. The summed E-state index contributed by atoms with van der Waals surface area (Å²) >= 11 is 17.9.